The van der Waals surface area contributed by atoms with Crippen LogP contribution in [0.25, 0.3) is 0 Å². The van der Waals surface area contributed by atoms with Gasteiger partial charge in [-0.25, -0.2) is 0 Å². The number of rotatable bonds is 2. The molecule has 1 aliphatic carbocycles. The van der Waals surface area contributed by atoms with Crippen LogP contribution in [0.1, 0.15) is 31.9 Å². The van der Waals surface area contributed by atoms with Gasteiger partial charge in [0, 0.05) is 23.9 Å². The first-order chi connectivity index (χ1) is 8.79. The minimum Gasteiger partial charge on any atom is -0.351 e. The molecule has 0 spiro atoms. The fourth-order valence-electron chi connectivity index (χ4n) is 2.69. The van der Waals surface area contributed by atoms with Crippen molar-refractivity contribution in [3.05, 3.63) is 27.7 Å². The molecule has 0 fully saturated rings. The molecule has 5 heteroatoms. The number of hydrogen-bond donors (Lipinski definition) is 2. The number of amides is 2. The van der Waals surface area contributed by atoms with Gasteiger partial charge in [0.1, 0.15) is 0 Å². The summed E-state index contributed by atoms with van der Waals surface area (Å²) in [4.78, 5) is 22.4. The number of carbonyl (C=O) groups excluding carboxylic acids is 2. The SMILES string of the molecule is CC(=O)Nc1cc2c(cc1Br)CC(C)(NC(C)=O)C2. The molecule has 19 heavy (non-hydrogen) atoms. The Morgan fingerprint density at radius 3 is 2.26 bits per heavy atom. The highest BCUT2D eigenvalue weighted by molar-refractivity contribution is 9.10. The highest BCUT2D eigenvalue weighted by Crippen LogP contribution is 2.35. The number of hydrogen-bond acceptors (Lipinski definition) is 2. The van der Waals surface area contributed by atoms with Crippen LogP contribution in [0.15, 0.2) is 16.6 Å². The predicted molar refractivity (Wildman–Crippen MR) is 78.1 cm³/mol. The fourth-order valence-corrected chi connectivity index (χ4v) is 3.18. The third-order valence-electron chi connectivity index (χ3n) is 3.24. The summed E-state index contributed by atoms with van der Waals surface area (Å²) in [5, 5.41) is 5.80. The summed E-state index contributed by atoms with van der Waals surface area (Å²) in [5.74, 6) is -0.111. The van der Waals surface area contributed by atoms with E-state index in [4.69, 9.17) is 0 Å². The van der Waals surface area contributed by atoms with Crippen molar-refractivity contribution in [2.24, 2.45) is 0 Å². The van der Waals surface area contributed by atoms with Gasteiger partial charge in [-0.2, -0.15) is 0 Å². The molecular weight excluding hydrogens is 308 g/mol. The van der Waals surface area contributed by atoms with Crippen molar-refractivity contribution in [1.29, 1.82) is 0 Å². The van der Waals surface area contributed by atoms with Crippen LogP contribution >= 0.6 is 15.9 Å². The molecule has 4 nitrogen and oxygen atoms in total. The van der Waals surface area contributed by atoms with Crippen molar-refractivity contribution >= 4 is 33.4 Å². The minimum atomic E-state index is -0.234. The predicted octanol–water partition coefficient (Wildman–Crippen LogP) is 2.40. The molecule has 2 amide bonds. The summed E-state index contributed by atoms with van der Waals surface area (Å²) in [6.45, 7) is 5.06. The second-order valence-corrected chi connectivity index (χ2v) is 6.23. The zero-order valence-corrected chi connectivity index (χ0v) is 12.8. The summed E-state index contributed by atoms with van der Waals surface area (Å²) in [7, 11) is 0. The van der Waals surface area contributed by atoms with E-state index in [1.54, 1.807) is 0 Å². The van der Waals surface area contributed by atoms with E-state index in [-0.39, 0.29) is 17.4 Å². The van der Waals surface area contributed by atoms with Gasteiger partial charge in [-0.15, -0.1) is 0 Å². The van der Waals surface area contributed by atoms with Crippen LogP contribution in [0.4, 0.5) is 5.69 Å². The molecule has 0 aromatic heterocycles. The Morgan fingerprint density at radius 2 is 1.74 bits per heavy atom. The van der Waals surface area contributed by atoms with E-state index in [0.717, 1.165) is 23.0 Å². The number of anilines is 1. The van der Waals surface area contributed by atoms with Gasteiger partial charge in [0.2, 0.25) is 11.8 Å². The van der Waals surface area contributed by atoms with Gasteiger partial charge in [0.25, 0.3) is 0 Å². The van der Waals surface area contributed by atoms with Crippen molar-refractivity contribution in [2.75, 3.05) is 5.32 Å². The van der Waals surface area contributed by atoms with Crippen LogP contribution in [0, 0.1) is 0 Å². The lowest BCUT2D eigenvalue weighted by atomic mass is 9.99. The molecule has 1 aromatic rings. The molecule has 1 atom stereocenters. The summed E-state index contributed by atoms with van der Waals surface area (Å²) >= 11 is 3.46. The van der Waals surface area contributed by atoms with Gasteiger partial charge >= 0.3 is 0 Å². The standard InChI is InChI=1S/C14H17BrN2O2/c1-8(18)16-13-5-11-7-14(3,17-9(2)19)6-10(11)4-12(13)15/h4-5H,6-7H2,1-3H3,(H,16,18)(H,17,19). The smallest absolute Gasteiger partial charge is 0.221 e. The molecule has 2 N–H and O–H groups in total. The lowest BCUT2D eigenvalue weighted by molar-refractivity contribution is -0.120. The first-order valence-corrected chi connectivity index (χ1v) is 6.96. The molecule has 0 radical (unpaired) electrons. The molecular formula is C14H17BrN2O2. The van der Waals surface area contributed by atoms with Crippen molar-refractivity contribution < 1.29 is 9.59 Å². The minimum absolute atomic E-state index is 0.0172. The normalized spacial score (nSPS) is 20.8. The van der Waals surface area contributed by atoms with Crippen LogP contribution in [0.5, 0.6) is 0 Å². The highest BCUT2D eigenvalue weighted by atomic mass is 79.9. The van der Waals surface area contributed by atoms with Gasteiger partial charge in [0.05, 0.1) is 5.69 Å². The van der Waals surface area contributed by atoms with Crippen molar-refractivity contribution in [2.45, 2.75) is 39.2 Å². The van der Waals surface area contributed by atoms with Crippen molar-refractivity contribution in [3.63, 3.8) is 0 Å². The quantitative estimate of drug-likeness (QED) is 0.877. The maximum absolute atomic E-state index is 11.3. The molecule has 1 aliphatic rings. The van der Waals surface area contributed by atoms with E-state index < -0.39 is 0 Å². The largest absolute Gasteiger partial charge is 0.351 e. The van der Waals surface area contributed by atoms with Gasteiger partial charge in [-0.05, 0) is 59.0 Å². The molecule has 1 unspecified atom stereocenters. The molecule has 0 heterocycles. The average molecular weight is 325 g/mol. The van der Waals surface area contributed by atoms with E-state index >= 15 is 0 Å². The molecule has 0 saturated carbocycles. The summed E-state index contributed by atoms with van der Waals surface area (Å²) in [6, 6.07) is 4.00. The Hall–Kier alpha value is -1.36. The second kappa shape index (κ2) is 4.96. The highest BCUT2D eigenvalue weighted by Gasteiger charge is 2.34. The van der Waals surface area contributed by atoms with Crippen LogP contribution in [-0.2, 0) is 22.4 Å². The summed E-state index contributed by atoms with van der Waals surface area (Å²) < 4.78 is 0.869. The molecule has 0 aliphatic heterocycles. The Bertz CT molecular complexity index is 557. The maximum atomic E-state index is 11.3. The molecule has 2 rings (SSSR count). The van der Waals surface area contributed by atoms with E-state index in [0.29, 0.717) is 0 Å². The van der Waals surface area contributed by atoms with Crippen LogP contribution < -0.4 is 10.6 Å². The Balaban J connectivity index is 2.28. The number of benzene rings is 1. The lowest BCUT2D eigenvalue weighted by Gasteiger charge is -2.24. The molecule has 102 valence electrons. The molecule has 0 saturated heterocycles. The zero-order valence-electron chi connectivity index (χ0n) is 11.3. The van der Waals surface area contributed by atoms with Gasteiger partial charge in [-0.1, -0.05) is 0 Å². The van der Waals surface area contributed by atoms with E-state index in [1.165, 1.54) is 25.0 Å². The number of halogens is 1. The molecule has 1 aromatic carbocycles. The second-order valence-electron chi connectivity index (χ2n) is 5.38. The number of carbonyl (C=O) groups is 2. The average Bonchev–Trinajstić information content (AvgIpc) is 2.51. The van der Waals surface area contributed by atoms with Gasteiger partial charge < -0.3 is 10.6 Å². The van der Waals surface area contributed by atoms with Gasteiger partial charge in [-0.3, -0.25) is 9.59 Å². The van der Waals surface area contributed by atoms with E-state index in [1.807, 2.05) is 19.1 Å². The monoisotopic (exact) mass is 324 g/mol. The summed E-state index contributed by atoms with van der Waals surface area (Å²) in [6.07, 6.45) is 1.59. The maximum Gasteiger partial charge on any atom is 0.221 e. The Kier molecular flexibility index (Phi) is 3.67. The Labute approximate surface area is 121 Å². The molecule has 0 bridgehead atoms. The van der Waals surface area contributed by atoms with E-state index in [2.05, 4.69) is 26.6 Å². The third-order valence-corrected chi connectivity index (χ3v) is 3.90. The first kappa shape index (κ1) is 14.1. The first-order valence-electron chi connectivity index (χ1n) is 6.17. The van der Waals surface area contributed by atoms with Gasteiger partial charge in [0.15, 0.2) is 0 Å². The topological polar surface area (TPSA) is 58.2 Å². The Morgan fingerprint density at radius 1 is 1.16 bits per heavy atom. The van der Waals surface area contributed by atoms with Crippen LogP contribution in [0.2, 0.25) is 0 Å². The lowest BCUT2D eigenvalue weighted by Crippen LogP contribution is -2.45. The fraction of sp³-hybridized carbons (Fsp3) is 0.429. The van der Waals surface area contributed by atoms with E-state index in [9.17, 15) is 9.59 Å². The van der Waals surface area contributed by atoms with Crippen LogP contribution in [0.3, 0.4) is 0 Å². The summed E-state index contributed by atoms with van der Waals surface area (Å²) in [5.41, 5.74) is 2.92. The van der Waals surface area contributed by atoms with Crippen molar-refractivity contribution in [3.8, 4) is 0 Å². The van der Waals surface area contributed by atoms with Crippen molar-refractivity contribution in [1.82, 2.24) is 5.32 Å². The zero-order chi connectivity index (χ0) is 14.2. The third kappa shape index (κ3) is 3.15. The number of nitrogens with one attached hydrogen (secondary N) is 2. The van der Waals surface area contributed by atoms with Crippen LogP contribution in [-0.4, -0.2) is 17.4 Å². The number of fused-ring (bicyclic) bond motifs is 1.